The van der Waals surface area contributed by atoms with Crippen LogP contribution in [0.3, 0.4) is 0 Å². The third kappa shape index (κ3) is 2.71. The number of ether oxygens (including phenoxy) is 1. The van der Waals surface area contributed by atoms with Gasteiger partial charge >= 0.3 is 0 Å². The van der Waals surface area contributed by atoms with Crippen molar-refractivity contribution < 1.29 is 4.74 Å². The lowest BCUT2D eigenvalue weighted by atomic mass is 10.2. The molecule has 0 spiro atoms. The van der Waals surface area contributed by atoms with Gasteiger partial charge in [-0.2, -0.15) is 0 Å². The van der Waals surface area contributed by atoms with Crippen LogP contribution >= 0.6 is 0 Å². The predicted octanol–water partition coefficient (Wildman–Crippen LogP) is 2.31. The molecule has 18 heavy (non-hydrogen) atoms. The van der Waals surface area contributed by atoms with Crippen LogP contribution in [-0.4, -0.2) is 19.1 Å². The molecule has 4 nitrogen and oxygen atoms in total. The number of nitrogens with zero attached hydrogens (tertiary/aromatic N) is 2. The molecule has 2 aromatic rings. The summed E-state index contributed by atoms with van der Waals surface area (Å²) in [7, 11) is 3.67. The van der Waals surface area contributed by atoms with Crippen LogP contribution in [-0.2, 0) is 6.54 Å². The molecule has 94 valence electrons. The fourth-order valence-electron chi connectivity index (χ4n) is 1.75. The number of hydrogen-bond acceptors (Lipinski definition) is 4. The summed E-state index contributed by atoms with van der Waals surface area (Å²) in [6.45, 7) is 0.667. The highest BCUT2D eigenvalue weighted by molar-refractivity contribution is 5.52. The van der Waals surface area contributed by atoms with Crippen LogP contribution in [0.1, 0.15) is 5.69 Å². The molecule has 0 fully saturated rings. The van der Waals surface area contributed by atoms with Crippen molar-refractivity contribution in [2.24, 2.45) is 0 Å². The van der Waals surface area contributed by atoms with E-state index in [-0.39, 0.29) is 0 Å². The van der Waals surface area contributed by atoms with Crippen LogP contribution < -0.4 is 15.4 Å². The normalized spacial score (nSPS) is 10.1. The predicted molar refractivity (Wildman–Crippen MR) is 73.8 cm³/mol. The number of nitrogens with two attached hydrogens (primary N) is 1. The van der Waals surface area contributed by atoms with Crippen molar-refractivity contribution in [3.63, 3.8) is 0 Å². The van der Waals surface area contributed by atoms with E-state index in [1.807, 2.05) is 43.4 Å². The fourth-order valence-corrected chi connectivity index (χ4v) is 1.75. The van der Waals surface area contributed by atoms with Gasteiger partial charge in [-0.1, -0.05) is 6.07 Å². The zero-order valence-electron chi connectivity index (χ0n) is 10.6. The van der Waals surface area contributed by atoms with Crippen LogP contribution in [0, 0.1) is 0 Å². The van der Waals surface area contributed by atoms with Crippen LogP contribution in [0.5, 0.6) is 5.75 Å². The van der Waals surface area contributed by atoms with Crippen LogP contribution in [0.2, 0.25) is 0 Å². The summed E-state index contributed by atoms with van der Waals surface area (Å²) in [5, 5.41) is 0. The summed E-state index contributed by atoms with van der Waals surface area (Å²) >= 11 is 0. The van der Waals surface area contributed by atoms with E-state index in [0.29, 0.717) is 12.2 Å². The molecule has 4 heteroatoms. The Morgan fingerprint density at radius 3 is 2.83 bits per heavy atom. The lowest BCUT2D eigenvalue weighted by Crippen LogP contribution is -2.18. The molecule has 1 aromatic carbocycles. The number of benzene rings is 1. The topological polar surface area (TPSA) is 51.4 Å². The van der Waals surface area contributed by atoms with E-state index in [2.05, 4.69) is 9.88 Å². The van der Waals surface area contributed by atoms with Crippen molar-refractivity contribution in [1.82, 2.24) is 4.98 Å². The molecular formula is C14H17N3O. The fraction of sp³-hybridized carbons (Fsp3) is 0.214. The first-order valence-electron chi connectivity index (χ1n) is 5.75. The first-order chi connectivity index (χ1) is 8.70. The maximum atomic E-state index is 5.89. The monoisotopic (exact) mass is 243 g/mol. The number of pyridine rings is 1. The Labute approximate surface area is 107 Å². The van der Waals surface area contributed by atoms with E-state index < -0.39 is 0 Å². The van der Waals surface area contributed by atoms with Gasteiger partial charge in [0.05, 0.1) is 25.0 Å². The average Bonchev–Trinajstić information content (AvgIpc) is 2.41. The zero-order valence-corrected chi connectivity index (χ0v) is 10.6. The first-order valence-corrected chi connectivity index (χ1v) is 5.75. The maximum Gasteiger partial charge on any atom is 0.120 e. The largest absolute Gasteiger partial charge is 0.497 e. The quantitative estimate of drug-likeness (QED) is 0.895. The number of rotatable bonds is 4. The molecule has 0 atom stereocenters. The summed E-state index contributed by atoms with van der Waals surface area (Å²) in [5.41, 5.74) is 8.55. The van der Waals surface area contributed by atoms with E-state index in [9.17, 15) is 0 Å². The number of anilines is 2. The van der Waals surface area contributed by atoms with Crippen molar-refractivity contribution in [3.05, 3.63) is 48.3 Å². The van der Waals surface area contributed by atoms with Gasteiger partial charge in [-0.3, -0.25) is 4.98 Å². The molecule has 0 aliphatic heterocycles. The molecular weight excluding hydrogens is 226 g/mol. The van der Waals surface area contributed by atoms with Crippen LogP contribution in [0.4, 0.5) is 11.4 Å². The number of hydrogen-bond donors (Lipinski definition) is 1. The molecule has 2 rings (SSSR count). The van der Waals surface area contributed by atoms with Gasteiger partial charge in [-0.15, -0.1) is 0 Å². The van der Waals surface area contributed by atoms with Crippen molar-refractivity contribution in [2.75, 3.05) is 24.8 Å². The third-order valence-corrected chi connectivity index (χ3v) is 2.81. The molecule has 1 heterocycles. The van der Waals surface area contributed by atoms with Gasteiger partial charge in [0.2, 0.25) is 0 Å². The molecule has 0 bridgehead atoms. The zero-order chi connectivity index (χ0) is 13.0. The summed E-state index contributed by atoms with van der Waals surface area (Å²) < 4.78 is 5.21. The Balaban J connectivity index is 2.16. The van der Waals surface area contributed by atoms with Crippen molar-refractivity contribution >= 4 is 11.4 Å². The molecule has 0 saturated carbocycles. The Morgan fingerprint density at radius 2 is 2.11 bits per heavy atom. The Morgan fingerprint density at radius 1 is 1.28 bits per heavy atom. The Hall–Kier alpha value is -2.23. The van der Waals surface area contributed by atoms with Crippen molar-refractivity contribution in [2.45, 2.75) is 6.54 Å². The molecule has 0 amide bonds. The van der Waals surface area contributed by atoms with Crippen molar-refractivity contribution in [3.8, 4) is 5.75 Å². The third-order valence-electron chi connectivity index (χ3n) is 2.81. The summed E-state index contributed by atoms with van der Waals surface area (Å²) in [5.74, 6) is 0.841. The maximum absolute atomic E-state index is 5.89. The second-order valence-electron chi connectivity index (χ2n) is 4.10. The second-order valence-corrected chi connectivity index (χ2v) is 4.10. The van der Waals surface area contributed by atoms with Gasteiger partial charge in [0.1, 0.15) is 5.75 Å². The van der Waals surface area contributed by atoms with E-state index >= 15 is 0 Å². The molecule has 0 unspecified atom stereocenters. The SMILES string of the molecule is COc1cccc(N(C)Cc2ncccc2N)c1. The van der Waals surface area contributed by atoms with Gasteiger partial charge in [0.25, 0.3) is 0 Å². The highest BCUT2D eigenvalue weighted by Crippen LogP contribution is 2.21. The molecule has 0 radical (unpaired) electrons. The summed E-state index contributed by atoms with van der Waals surface area (Å²) in [4.78, 5) is 6.37. The number of aromatic nitrogens is 1. The minimum absolute atomic E-state index is 0.667. The van der Waals surface area contributed by atoms with Crippen LogP contribution in [0.15, 0.2) is 42.6 Å². The minimum Gasteiger partial charge on any atom is -0.497 e. The molecule has 0 aliphatic rings. The minimum atomic E-state index is 0.667. The number of nitrogen functional groups attached to an aromatic ring is 1. The first kappa shape index (κ1) is 12.2. The second kappa shape index (κ2) is 5.40. The van der Waals surface area contributed by atoms with E-state index in [1.165, 1.54) is 0 Å². The highest BCUT2D eigenvalue weighted by Gasteiger charge is 2.06. The lowest BCUT2D eigenvalue weighted by Gasteiger charge is -2.20. The standard InChI is InChI=1S/C14H17N3O/c1-17(10-14-13(15)7-4-8-16-14)11-5-3-6-12(9-11)18-2/h3-9H,10,15H2,1-2H3. The molecule has 0 aliphatic carbocycles. The Kier molecular flexibility index (Phi) is 3.67. The van der Waals surface area contributed by atoms with E-state index in [1.54, 1.807) is 13.3 Å². The highest BCUT2D eigenvalue weighted by atomic mass is 16.5. The molecule has 1 aromatic heterocycles. The smallest absolute Gasteiger partial charge is 0.120 e. The van der Waals surface area contributed by atoms with Gasteiger partial charge in [-0.05, 0) is 24.3 Å². The lowest BCUT2D eigenvalue weighted by molar-refractivity contribution is 0.415. The van der Waals surface area contributed by atoms with Crippen LogP contribution in [0.25, 0.3) is 0 Å². The van der Waals surface area contributed by atoms with E-state index in [0.717, 1.165) is 17.1 Å². The molecule has 2 N–H and O–H groups in total. The summed E-state index contributed by atoms with van der Waals surface area (Å²) in [6, 6.07) is 11.6. The van der Waals surface area contributed by atoms with Gasteiger partial charge in [0, 0.05) is 25.0 Å². The Bertz CT molecular complexity index is 528. The van der Waals surface area contributed by atoms with Gasteiger partial charge in [0.15, 0.2) is 0 Å². The van der Waals surface area contributed by atoms with Crippen molar-refractivity contribution in [1.29, 1.82) is 0 Å². The van der Waals surface area contributed by atoms with Gasteiger partial charge in [-0.25, -0.2) is 0 Å². The summed E-state index contributed by atoms with van der Waals surface area (Å²) in [6.07, 6.45) is 1.76. The van der Waals surface area contributed by atoms with Gasteiger partial charge < -0.3 is 15.4 Å². The molecule has 0 saturated heterocycles. The van der Waals surface area contributed by atoms with E-state index in [4.69, 9.17) is 10.5 Å². The number of methoxy groups -OCH3 is 1. The average molecular weight is 243 g/mol.